The standard InChI is InChI=1S/C14H11N3O3/c18-12-5-6-15-7-9(12)14-16-10-3-1-2-4-11(10)17(14)8-13(19)20/h1-7H,8H2,(H,15,18)(H,19,20). The summed E-state index contributed by atoms with van der Waals surface area (Å²) in [5.41, 5.74) is 1.50. The Hall–Kier alpha value is -2.89. The molecule has 6 heteroatoms. The Labute approximate surface area is 113 Å². The van der Waals surface area contributed by atoms with Gasteiger partial charge in [-0.1, -0.05) is 12.1 Å². The number of fused-ring (bicyclic) bond motifs is 1. The molecule has 3 aromatic rings. The van der Waals surface area contributed by atoms with Crippen LogP contribution in [0, 0.1) is 0 Å². The molecule has 0 fully saturated rings. The van der Waals surface area contributed by atoms with Crippen molar-refractivity contribution in [2.45, 2.75) is 6.54 Å². The predicted molar refractivity (Wildman–Crippen MR) is 73.4 cm³/mol. The molecule has 2 heterocycles. The lowest BCUT2D eigenvalue weighted by Gasteiger charge is -2.05. The molecular weight excluding hydrogens is 258 g/mol. The molecule has 0 aliphatic heterocycles. The fourth-order valence-corrected chi connectivity index (χ4v) is 2.17. The van der Waals surface area contributed by atoms with E-state index in [0.717, 1.165) is 0 Å². The van der Waals surface area contributed by atoms with E-state index in [1.807, 2.05) is 6.07 Å². The Bertz CT molecular complexity index is 848. The number of aromatic nitrogens is 3. The summed E-state index contributed by atoms with van der Waals surface area (Å²) in [7, 11) is 0. The molecule has 0 saturated carbocycles. The van der Waals surface area contributed by atoms with Crippen LogP contribution in [0.3, 0.4) is 0 Å². The van der Waals surface area contributed by atoms with Gasteiger partial charge in [-0.3, -0.25) is 9.59 Å². The first kappa shape index (κ1) is 12.2. The number of pyridine rings is 1. The SMILES string of the molecule is O=C(O)Cn1c(-c2c[nH]ccc2=O)nc2ccccc21. The highest BCUT2D eigenvalue weighted by Crippen LogP contribution is 2.22. The fraction of sp³-hybridized carbons (Fsp3) is 0.0714. The maximum absolute atomic E-state index is 11.9. The molecule has 0 radical (unpaired) electrons. The maximum atomic E-state index is 11.9. The molecule has 0 aliphatic rings. The van der Waals surface area contributed by atoms with Crippen LogP contribution in [-0.4, -0.2) is 25.6 Å². The summed E-state index contributed by atoms with van der Waals surface area (Å²) in [6.45, 7) is -0.246. The summed E-state index contributed by atoms with van der Waals surface area (Å²) in [6, 6.07) is 8.58. The first-order valence-corrected chi connectivity index (χ1v) is 6.01. The van der Waals surface area contributed by atoms with Crippen molar-refractivity contribution in [1.29, 1.82) is 0 Å². The van der Waals surface area contributed by atoms with Crippen molar-refractivity contribution in [1.82, 2.24) is 14.5 Å². The summed E-state index contributed by atoms with van der Waals surface area (Å²) in [6.07, 6.45) is 3.05. The number of H-pyrrole nitrogens is 1. The average molecular weight is 269 g/mol. The third-order valence-corrected chi connectivity index (χ3v) is 3.01. The van der Waals surface area contributed by atoms with E-state index in [9.17, 15) is 9.59 Å². The van der Waals surface area contributed by atoms with Crippen molar-refractivity contribution >= 4 is 17.0 Å². The summed E-state index contributed by atoms with van der Waals surface area (Å²) in [5.74, 6) is -0.628. The van der Waals surface area contributed by atoms with Crippen LogP contribution in [0.5, 0.6) is 0 Å². The normalized spacial score (nSPS) is 10.8. The number of nitrogens with zero attached hydrogens (tertiary/aromatic N) is 2. The second-order valence-corrected chi connectivity index (χ2v) is 4.33. The monoisotopic (exact) mass is 269 g/mol. The van der Waals surface area contributed by atoms with E-state index >= 15 is 0 Å². The van der Waals surface area contributed by atoms with Gasteiger partial charge in [0.1, 0.15) is 12.4 Å². The van der Waals surface area contributed by atoms with Crippen LogP contribution < -0.4 is 5.43 Å². The molecule has 3 rings (SSSR count). The van der Waals surface area contributed by atoms with Crippen LogP contribution in [0.1, 0.15) is 0 Å². The summed E-state index contributed by atoms with van der Waals surface area (Å²) in [5, 5.41) is 9.05. The highest BCUT2D eigenvalue weighted by Gasteiger charge is 2.16. The van der Waals surface area contributed by atoms with Crippen molar-refractivity contribution in [2.75, 3.05) is 0 Å². The number of carbonyl (C=O) groups is 1. The van der Waals surface area contributed by atoms with E-state index in [4.69, 9.17) is 5.11 Å². The third kappa shape index (κ3) is 1.97. The van der Waals surface area contributed by atoms with Gasteiger partial charge < -0.3 is 14.7 Å². The lowest BCUT2D eigenvalue weighted by molar-refractivity contribution is -0.137. The van der Waals surface area contributed by atoms with E-state index < -0.39 is 5.97 Å². The number of hydrogen-bond donors (Lipinski definition) is 2. The van der Waals surface area contributed by atoms with E-state index in [0.29, 0.717) is 22.4 Å². The molecule has 1 aromatic carbocycles. The Balaban J connectivity index is 2.32. The van der Waals surface area contributed by atoms with E-state index in [2.05, 4.69) is 9.97 Å². The van der Waals surface area contributed by atoms with E-state index in [1.54, 1.807) is 18.2 Å². The average Bonchev–Trinajstić information content (AvgIpc) is 2.78. The Kier molecular flexibility index (Phi) is 2.83. The smallest absolute Gasteiger partial charge is 0.323 e. The molecule has 100 valence electrons. The zero-order chi connectivity index (χ0) is 14.1. The number of aromatic amines is 1. The van der Waals surface area contributed by atoms with Gasteiger partial charge in [-0.15, -0.1) is 0 Å². The second kappa shape index (κ2) is 4.65. The van der Waals surface area contributed by atoms with Crippen LogP contribution in [0.25, 0.3) is 22.4 Å². The van der Waals surface area contributed by atoms with Gasteiger partial charge in [0.25, 0.3) is 0 Å². The summed E-state index contributed by atoms with van der Waals surface area (Å²) in [4.78, 5) is 30.2. The number of imidazole rings is 1. The first-order valence-electron chi connectivity index (χ1n) is 6.01. The van der Waals surface area contributed by atoms with Crippen LogP contribution in [0.2, 0.25) is 0 Å². The Morgan fingerprint density at radius 1 is 1.30 bits per heavy atom. The van der Waals surface area contributed by atoms with Gasteiger partial charge in [-0.05, 0) is 12.1 Å². The van der Waals surface area contributed by atoms with Crippen LogP contribution in [0.15, 0.2) is 47.5 Å². The Morgan fingerprint density at radius 2 is 2.10 bits per heavy atom. The lowest BCUT2D eigenvalue weighted by atomic mass is 10.2. The fourth-order valence-electron chi connectivity index (χ4n) is 2.17. The van der Waals surface area contributed by atoms with Crippen molar-refractivity contribution in [3.05, 3.63) is 52.9 Å². The number of aliphatic carboxylic acids is 1. The number of nitrogens with one attached hydrogen (secondary N) is 1. The van der Waals surface area contributed by atoms with Crippen molar-refractivity contribution in [3.8, 4) is 11.4 Å². The highest BCUT2D eigenvalue weighted by atomic mass is 16.4. The molecule has 6 nitrogen and oxygen atoms in total. The zero-order valence-corrected chi connectivity index (χ0v) is 10.4. The molecule has 0 bridgehead atoms. The third-order valence-electron chi connectivity index (χ3n) is 3.01. The number of carboxylic acid groups (broad SMARTS) is 1. The summed E-state index contributed by atoms with van der Waals surface area (Å²) < 4.78 is 1.53. The first-order chi connectivity index (χ1) is 9.66. The number of para-hydroxylation sites is 2. The van der Waals surface area contributed by atoms with Gasteiger partial charge in [0.15, 0.2) is 5.43 Å². The van der Waals surface area contributed by atoms with Crippen molar-refractivity contribution < 1.29 is 9.90 Å². The number of hydrogen-bond acceptors (Lipinski definition) is 3. The summed E-state index contributed by atoms with van der Waals surface area (Å²) >= 11 is 0. The molecule has 2 N–H and O–H groups in total. The van der Waals surface area contributed by atoms with Crippen molar-refractivity contribution in [2.24, 2.45) is 0 Å². The lowest BCUT2D eigenvalue weighted by Crippen LogP contribution is -2.13. The minimum Gasteiger partial charge on any atom is -0.480 e. The van der Waals surface area contributed by atoms with Gasteiger partial charge >= 0.3 is 5.97 Å². The molecule has 0 unspecified atom stereocenters. The largest absolute Gasteiger partial charge is 0.480 e. The van der Waals surface area contributed by atoms with Gasteiger partial charge in [-0.2, -0.15) is 0 Å². The number of benzene rings is 1. The van der Waals surface area contributed by atoms with Gasteiger partial charge in [0, 0.05) is 18.5 Å². The number of rotatable bonds is 3. The van der Waals surface area contributed by atoms with Gasteiger partial charge in [-0.25, -0.2) is 4.98 Å². The quantitative estimate of drug-likeness (QED) is 0.753. The van der Waals surface area contributed by atoms with Crippen molar-refractivity contribution in [3.63, 3.8) is 0 Å². The molecule has 0 aliphatic carbocycles. The second-order valence-electron chi connectivity index (χ2n) is 4.33. The minimum atomic E-state index is -0.984. The number of carboxylic acids is 1. The molecule has 0 spiro atoms. The topological polar surface area (TPSA) is 88.0 Å². The van der Waals surface area contributed by atoms with Crippen LogP contribution >= 0.6 is 0 Å². The molecule has 20 heavy (non-hydrogen) atoms. The van der Waals surface area contributed by atoms with Crippen LogP contribution in [-0.2, 0) is 11.3 Å². The van der Waals surface area contributed by atoms with Crippen LogP contribution in [0.4, 0.5) is 0 Å². The molecule has 0 saturated heterocycles. The molecule has 0 amide bonds. The maximum Gasteiger partial charge on any atom is 0.323 e. The molecular formula is C14H11N3O3. The zero-order valence-electron chi connectivity index (χ0n) is 10.4. The predicted octanol–water partition coefficient (Wildman–Crippen LogP) is 1.48. The van der Waals surface area contributed by atoms with E-state index in [1.165, 1.54) is 23.0 Å². The van der Waals surface area contributed by atoms with Gasteiger partial charge in [0.05, 0.1) is 16.6 Å². The molecule has 0 atom stereocenters. The van der Waals surface area contributed by atoms with Gasteiger partial charge in [0.2, 0.25) is 0 Å². The minimum absolute atomic E-state index is 0.203. The molecule has 2 aromatic heterocycles. The van der Waals surface area contributed by atoms with E-state index in [-0.39, 0.29) is 12.0 Å². The highest BCUT2D eigenvalue weighted by molar-refractivity contribution is 5.82. The Morgan fingerprint density at radius 3 is 2.85 bits per heavy atom.